The van der Waals surface area contributed by atoms with Gasteiger partial charge in [-0.15, -0.1) is 11.8 Å². The topological polar surface area (TPSA) is 55.4 Å². The predicted octanol–water partition coefficient (Wildman–Crippen LogP) is 4.51. The van der Waals surface area contributed by atoms with Crippen LogP contribution in [0.4, 0.5) is 10.1 Å². The molecular weight excluding hydrogens is 341 g/mol. The Morgan fingerprint density at radius 1 is 1.35 bits per heavy atom. The normalized spacial score (nSPS) is 13.3. The second-order valence-corrected chi connectivity index (χ2v) is 6.75. The summed E-state index contributed by atoms with van der Waals surface area (Å²) in [5.41, 5.74) is 0.0573. The molecule has 4 nitrogen and oxygen atoms in total. The first-order chi connectivity index (χ1) is 10.8. The van der Waals surface area contributed by atoms with E-state index in [2.05, 4.69) is 5.32 Å². The summed E-state index contributed by atoms with van der Waals surface area (Å²) < 4.78 is 18.7. The van der Waals surface area contributed by atoms with Gasteiger partial charge in [0.25, 0.3) is 0 Å². The van der Waals surface area contributed by atoms with Crippen molar-refractivity contribution in [1.82, 2.24) is 0 Å². The molecule has 0 aromatic heterocycles. The number of hydrogen-bond donors (Lipinski definition) is 1. The molecule has 0 spiro atoms. The van der Waals surface area contributed by atoms with Crippen LogP contribution >= 0.6 is 23.4 Å². The Morgan fingerprint density at radius 3 is 2.52 bits per heavy atom. The lowest BCUT2D eigenvalue weighted by Crippen LogP contribution is -2.20. The third-order valence-electron chi connectivity index (χ3n) is 3.44. The molecule has 0 heterocycles. The van der Waals surface area contributed by atoms with E-state index in [0.29, 0.717) is 17.7 Å². The highest BCUT2D eigenvalue weighted by Crippen LogP contribution is 2.35. The summed E-state index contributed by atoms with van der Waals surface area (Å²) in [6.45, 7) is 5.49. The van der Waals surface area contributed by atoms with Gasteiger partial charge in [-0.2, -0.15) is 0 Å². The Morgan fingerprint density at radius 2 is 2.00 bits per heavy atom. The van der Waals surface area contributed by atoms with Gasteiger partial charge in [0.2, 0.25) is 5.91 Å². The van der Waals surface area contributed by atoms with Crippen molar-refractivity contribution >= 4 is 40.9 Å². The number of amides is 1. The number of carbonyl (C=O) groups excluding carboxylic acids is 2. The molecule has 23 heavy (non-hydrogen) atoms. The Hall–Kier alpha value is -1.27. The number of carbonyl (C=O) groups is 2. The SMILES string of the molecule is CCC(C)C(=O)Nc1cc(SC(CC)C(=O)OC)c(Cl)cc1F. The largest absolute Gasteiger partial charge is 0.468 e. The number of anilines is 1. The maximum absolute atomic E-state index is 14.0. The van der Waals surface area contributed by atoms with E-state index in [9.17, 15) is 14.0 Å². The van der Waals surface area contributed by atoms with Crippen LogP contribution in [0.5, 0.6) is 0 Å². The lowest BCUT2D eigenvalue weighted by Gasteiger charge is -2.16. The van der Waals surface area contributed by atoms with Gasteiger partial charge in [-0.3, -0.25) is 9.59 Å². The molecule has 0 aliphatic heterocycles. The summed E-state index contributed by atoms with van der Waals surface area (Å²) in [6, 6.07) is 2.59. The lowest BCUT2D eigenvalue weighted by molar-refractivity contribution is -0.140. The molecule has 128 valence electrons. The van der Waals surface area contributed by atoms with Crippen LogP contribution < -0.4 is 5.32 Å². The van der Waals surface area contributed by atoms with Gasteiger partial charge >= 0.3 is 5.97 Å². The Labute approximate surface area is 145 Å². The first-order valence-electron chi connectivity index (χ1n) is 7.38. The molecule has 1 rings (SSSR count). The van der Waals surface area contributed by atoms with Crippen LogP contribution in [0.3, 0.4) is 0 Å². The fourth-order valence-corrected chi connectivity index (χ4v) is 3.05. The van der Waals surface area contributed by atoms with Crippen molar-refractivity contribution in [3.05, 3.63) is 23.0 Å². The highest BCUT2D eigenvalue weighted by Gasteiger charge is 2.21. The molecule has 1 N–H and O–H groups in total. The van der Waals surface area contributed by atoms with Crippen LogP contribution in [0.1, 0.15) is 33.6 Å². The van der Waals surface area contributed by atoms with Gasteiger partial charge in [0, 0.05) is 10.8 Å². The van der Waals surface area contributed by atoms with Gasteiger partial charge in [-0.05, 0) is 25.0 Å². The monoisotopic (exact) mass is 361 g/mol. The highest BCUT2D eigenvalue weighted by molar-refractivity contribution is 8.00. The zero-order valence-electron chi connectivity index (χ0n) is 13.6. The maximum Gasteiger partial charge on any atom is 0.319 e. The molecule has 2 unspecified atom stereocenters. The summed E-state index contributed by atoms with van der Waals surface area (Å²) >= 11 is 7.24. The van der Waals surface area contributed by atoms with E-state index in [4.69, 9.17) is 16.3 Å². The molecule has 0 saturated carbocycles. The predicted molar refractivity (Wildman–Crippen MR) is 91.4 cm³/mol. The molecule has 0 aliphatic carbocycles. The molecule has 0 aliphatic rings. The van der Waals surface area contributed by atoms with E-state index in [1.165, 1.54) is 24.9 Å². The van der Waals surface area contributed by atoms with E-state index in [1.54, 1.807) is 6.92 Å². The number of benzene rings is 1. The van der Waals surface area contributed by atoms with Crippen molar-refractivity contribution in [2.45, 2.75) is 43.8 Å². The molecule has 1 aromatic rings. The number of esters is 1. The zero-order valence-corrected chi connectivity index (χ0v) is 15.2. The van der Waals surface area contributed by atoms with Crippen molar-refractivity contribution in [2.75, 3.05) is 12.4 Å². The third-order valence-corrected chi connectivity index (χ3v) is 5.27. The third kappa shape index (κ3) is 5.39. The summed E-state index contributed by atoms with van der Waals surface area (Å²) in [6.07, 6.45) is 1.20. The minimum Gasteiger partial charge on any atom is -0.468 e. The van der Waals surface area contributed by atoms with Gasteiger partial charge < -0.3 is 10.1 Å². The van der Waals surface area contributed by atoms with Crippen LogP contribution in [0.25, 0.3) is 0 Å². The summed E-state index contributed by atoms with van der Waals surface area (Å²) in [4.78, 5) is 24.1. The van der Waals surface area contributed by atoms with E-state index >= 15 is 0 Å². The molecule has 0 saturated heterocycles. The fraction of sp³-hybridized carbons (Fsp3) is 0.500. The maximum atomic E-state index is 14.0. The first-order valence-corrected chi connectivity index (χ1v) is 8.64. The molecule has 7 heteroatoms. The van der Waals surface area contributed by atoms with E-state index in [1.807, 2.05) is 13.8 Å². The van der Waals surface area contributed by atoms with Crippen molar-refractivity contribution in [3.8, 4) is 0 Å². The molecule has 0 radical (unpaired) electrons. The summed E-state index contributed by atoms with van der Waals surface area (Å²) in [7, 11) is 1.32. The van der Waals surface area contributed by atoms with Crippen LogP contribution in [-0.2, 0) is 14.3 Å². The van der Waals surface area contributed by atoms with Crippen LogP contribution in [0.2, 0.25) is 5.02 Å². The van der Waals surface area contributed by atoms with E-state index in [-0.39, 0.29) is 28.5 Å². The average Bonchev–Trinajstić information content (AvgIpc) is 2.54. The smallest absolute Gasteiger partial charge is 0.319 e. The van der Waals surface area contributed by atoms with Crippen LogP contribution in [0.15, 0.2) is 17.0 Å². The second kappa shape index (κ2) is 9.13. The average molecular weight is 362 g/mol. The number of thioether (sulfide) groups is 1. The zero-order chi connectivity index (χ0) is 17.6. The number of ether oxygens (including phenoxy) is 1. The first kappa shape index (κ1) is 19.8. The standard InChI is InChI=1S/C16H21ClFNO3S/c1-5-9(3)15(20)19-12-8-14(10(17)7-11(12)18)23-13(6-2)16(21)22-4/h7-9,13H,5-6H2,1-4H3,(H,19,20). The highest BCUT2D eigenvalue weighted by atomic mass is 35.5. The Bertz CT molecular complexity index is 583. The number of methoxy groups -OCH3 is 1. The summed E-state index contributed by atoms with van der Waals surface area (Å²) in [5.74, 6) is -1.46. The molecule has 0 bridgehead atoms. The van der Waals surface area contributed by atoms with Crippen molar-refractivity contribution in [2.24, 2.45) is 5.92 Å². The van der Waals surface area contributed by atoms with Crippen molar-refractivity contribution in [1.29, 1.82) is 0 Å². The quantitative estimate of drug-likeness (QED) is 0.573. The van der Waals surface area contributed by atoms with Crippen LogP contribution in [0, 0.1) is 11.7 Å². The van der Waals surface area contributed by atoms with Crippen LogP contribution in [-0.4, -0.2) is 24.2 Å². The van der Waals surface area contributed by atoms with Crippen molar-refractivity contribution in [3.63, 3.8) is 0 Å². The minimum absolute atomic E-state index is 0.0573. The summed E-state index contributed by atoms with van der Waals surface area (Å²) in [5, 5.41) is 2.31. The number of halogens is 2. The van der Waals surface area contributed by atoms with Gasteiger partial charge in [-0.1, -0.05) is 32.4 Å². The van der Waals surface area contributed by atoms with Gasteiger partial charge in [-0.25, -0.2) is 4.39 Å². The number of rotatable bonds is 7. The molecule has 0 fully saturated rings. The second-order valence-electron chi connectivity index (χ2n) is 5.10. The Kier molecular flexibility index (Phi) is 7.85. The van der Waals surface area contributed by atoms with Gasteiger partial charge in [0.15, 0.2) is 0 Å². The van der Waals surface area contributed by atoms with E-state index < -0.39 is 11.1 Å². The molecule has 2 atom stereocenters. The lowest BCUT2D eigenvalue weighted by atomic mass is 10.1. The van der Waals surface area contributed by atoms with Gasteiger partial charge in [0.05, 0.1) is 17.8 Å². The number of nitrogens with one attached hydrogen (secondary N) is 1. The number of hydrogen-bond acceptors (Lipinski definition) is 4. The fourth-order valence-electron chi connectivity index (χ4n) is 1.74. The molecular formula is C16H21ClFNO3S. The molecule has 1 aromatic carbocycles. The molecule has 1 amide bonds. The van der Waals surface area contributed by atoms with E-state index in [0.717, 1.165) is 6.07 Å². The van der Waals surface area contributed by atoms with Gasteiger partial charge in [0.1, 0.15) is 11.1 Å². The minimum atomic E-state index is -0.609. The van der Waals surface area contributed by atoms with Crippen molar-refractivity contribution < 1.29 is 18.7 Å². The Balaban J connectivity index is 3.03.